The lowest BCUT2D eigenvalue weighted by molar-refractivity contribution is -0.0498. The monoisotopic (exact) mass is 481 g/mol. The van der Waals surface area contributed by atoms with Gasteiger partial charge in [-0.05, 0) is 61.6 Å². The van der Waals surface area contributed by atoms with E-state index in [9.17, 15) is 22.0 Å². The number of amides is 1. The molecule has 1 aliphatic heterocycles. The summed E-state index contributed by atoms with van der Waals surface area (Å²) in [6, 6.07) is 10.9. The minimum atomic E-state index is -3.69. The summed E-state index contributed by atoms with van der Waals surface area (Å²) >= 11 is 0. The van der Waals surface area contributed by atoms with Crippen LogP contribution in [0.25, 0.3) is 0 Å². The van der Waals surface area contributed by atoms with Crippen molar-refractivity contribution in [2.24, 2.45) is 0 Å². The van der Waals surface area contributed by atoms with Crippen molar-refractivity contribution in [3.05, 3.63) is 53.6 Å². The van der Waals surface area contributed by atoms with Gasteiger partial charge in [0.1, 0.15) is 5.75 Å². The van der Waals surface area contributed by atoms with Crippen LogP contribution in [0.1, 0.15) is 35.2 Å². The Bertz CT molecular complexity index is 1050. The molecule has 2 aromatic carbocycles. The van der Waals surface area contributed by atoms with Gasteiger partial charge in [-0.15, -0.1) is 0 Å². The summed E-state index contributed by atoms with van der Waals surface area (Å²) in [5, 5.41) is 2.86. The minimum absolute atomic E-state index is 0.0630. The largest absolute Gasteiger partial charge is 0.435 e. The van der Waals surface area contributed by atoms with Crippen molar-refractivity contribution in [3.8, 4) is 5.75 Å². The molecule has 0 aromatic heterocycles. The average molecular weight is 482 g/mol. The lowest BCUT2D eigenvalue weighted by Gasteiger charge is -2.30. The quantitative estimate of drug-likeness (QED) is 0.593. The molecule has 0 spiro atoms. The summed E-state index contributed by atoms with van der Waals surface area (Å²) in [6.07, 6.45) is 3.65. The highest BCUT2D eigenvalue weighted by molar-refractivity contribution is 7.89. The van der Waals surface area contributed by atoms with Gasteiger partial charge in [-0.3, -0.25) is 4.79 Å². The summed E-state index contributed by atoms with van der Waals surface area (Å²) in [7, 11) is -0.788. The zero-order chi connectivity index (χ0) is 24.0. The number of carbonyl (C=O) groups is 1. The number of benzene rings is 2. The Morgan fingerprint density at radius 2 is 1.76 bits per heavy atom. The number of rotatable bonds is 9. The molecule has 0 bridgehead atoms. The van der Waals surface area contributed by atoms with Crippen LogP contribution in [0, 0.1) is 0 Å². The van der Waals surface area contributed by atoms with Crippen LogP contribution in [0.15, 0.2) is 47.4 Å². The SMILES string of the molecule is CN(C)S(=O)(=O)c1ccc(N2CCCCC2)c(C(=O)NCCc2ccc(OC(F)F)cc2)c1. The molecule has 1 aliphatic rings. The summed E-state index contributed by atoms with van der Waals surface area (Å²) in [4.78, 5) is 15.3. The summed E-state index contributed by atoms with van der Waals surface area (Å²) in [5.74, 6) is -0.285. The highest BCUT2D eigenvalue weighted by Crippen LogP contribution is 2.28. The van der Waals surface area contributed by atoms with Crippen molar-refractivity contribution < 1.29 is 26.7 Å². The molecule has 0 atom stereocenters. The lowest BCUT2D eigenvalue weighted by atomic mass is 10.1. The first-order valence-corrected chi connectivity index (χ1v) is 12.3. The second-order valence-electron chi connectivity index (χ2n) is 8.04. The molecule has 1 fully saturated rings. The van der Waals surface area contributed by atoms with Gasteiger partial charge < -0.3 is 15.0 Å². The molecule has 1 heterocycles. The van der Waals surface area contributed by atoms with E-state index in [1.54, 1.807) is 24.3 Å². The van der Waals surface area contributed by atoms with E-state index in [1.807, 2.05) is 0 Å². The van der Waals surface area contributed by atoms with E-state index >= 15 is 0 Å². The molecule has 0 aliphatic carbocycles. The van der Waals surface area contributed by atoms with Crippen LogP contribution in [-0.2, 0) is 16.4 Å². The van der Waals surface area contributed by atoms with E-state index in [2.05, 4.69) is 15.0 Å². The highest BCUT2D eigenvalue weighted by atomic mass is 32.2. The van der Waals surface area contributed by atoms with E-state index in [0.29, 0.717) is 18.5 Å². The molecule has 1 saturated heterocycles. The lowest BCUT2D eigenvalue weighted by Crippen LogP contribution is -2.33. The Morgan fingerprint density at radius 1 is 1.09 bits per heavy atom. The van der Waals surface area contributed by atoms with Crippen molar-refractivity contribution in [1.82, 2.24) is 9.62 Å². The number of ether oxygens (including phenoxy) is 1. The molecule has 10 heteroatoms. The molecular weight excluding hydrogens is 452 g/mol. The smallest absolute Gasteiger partial charge is 0.387 e. The van der Waals surface area contributed by atoms with Gasteiger partial charge in [0.2, 0.25) is 10.0 Å². The maximum absolute atomic E-state index is 13.1. The van der Waals surface area contributed by atoms with E-state index in [4.69, 9.17) is 0 Å². The summed E-state index contributed by atoms with van der Waals surface area (Å²) in [5.41, 5.74) is 1.89. The fraction of sp³-hybridized carbons (Fsp3) is 0.435. The number of alkyl halides is 2. The summed E-state index contributed by atoms with van der Waals surface area (Å²) < 4.78 is 55.2. The third kappa shape index (κ3) is 6.42. The summed E-state index contributed by atoms with van der Waals surface area (Å²) in [6.45, 7) is -0.950. The Morgan fingerprint density at radius 3 is 2.36 bits per heavy atom. The van der Waals surface area contributed by atoms with Crippen LogP contribution in [0.4, 0.5) is 14.5 Å². The maximum Gasteiger partial charge on any atom is 0.387 e. The topological polar surface area (TPSA) is 79.0 Å². The van der Waals surface area contributed by atoms with Crippen LogP contribution < -0.4 is 15.0 Å². The molecule has 0 saturated carbocycles. The second-order valence-corrected chi connectivity index (χ2v) is 10.2. The van der Waals surface area contributed by atoms with Gasteiger partial charge in [-0.25, -0.2) is 12.7 Å². The molecule has 7 nitrogen and oxygen atoms in total. The molecular formula is C23H29F2N3O4S. The third-order valence-corrected chi connectivity index (χ3v) is 7.35. The van der Waals surface area contributed by atoms with Crippen molar-refractivity contribution in [3.63, 3.8) is 0 Å². The number of sulfonamides is 1. The zero-order valence-corrected chi connectivity index (χ0v) is 19.6. The Hall–Kier alpha value is -2.72. The van der Waals surface area contributed by atoms with Gasteiger partial charge in [-0.2, -0.15) is 8.78 Å². The van der Waals surface area contributed by atoms with Crippen LogP contribution in [0.5, 0.6) is 5.75 Å². The first kappa shape index (κ1) is 24.9. The van der Waals surface area contributed by atoms with Crippen molar-refractivity contribution in [2.75, 3.05) is 38.6 Å². The molecule has 1 N–H and O–H groups in total. The molecule has 180 valence electrons. The van der Waals surface area contributed by atoms with E-state index < -0.39 is 16.6 Å². The van der Waals surface area contributed by atoms with E-state index in [-0.39, 0.29) is 16.6 Å². The maximum atomic E-state index is 13.1. The van der Waals surface area contributed by atoms with Crippen LogP contribution in [-0.4, -0.2) is 59.0 Å². The number of carbonyl (C=O) groups excluding carboxylic acids is 1. The van der Waals surface area contributed by atoms with Crippen LogP contribution in [0.2, 0.25) is 0 Å². The molecule has 3 rings (SSSR count). The fourth-order valence-electron chi connectivity index (χ4n) is 3.73. The van der Waals surface area contributed by atoms with E-state index in [0.717, 1.165) is 47.9 Å². The molecule has 2 aromatic rings. The number of nitrogens with one attached hydrogen (secondary N) is 1. The third-order valence-electron chi connectivity index (χ3n) is 5.54. The van der Waals surface area contributed by atoms with Gasteiger partial charge in [0, 0.05) is 39.4 Å². The zero-order valence-electron chi connectivity index (χ0n) is 18.8. The van der Waals surface area contributed by atoms with Crippen LogP contribution >= 0.6 is 0 Å². The number of hydrogen-bond acceptors (Lipinski definition) is 5. The first-order chi connectivity index (χ1) is 15.7. The van der Waals surface area contributed by atoms with Gasteiger partial charge in [0.15, 0.2) is 0 Å². The number of halogens is 2. The van der Waals surface area contributed by atoms with Gasteiger partial charge >= 0.3 is 6.61 Å². The predicted octanol–water partition coefficient (Wildman–Crippen LogP) is 3.50. The van der Waals surface area contributed by atoms with Gasteiger partial charge in [0.25, 0.3) is 5.91 Å². The molecule has 0 radical (unpaired) electrons. The Labute approximate surface area is 193 Å². The van der Waals surface area contributed by atoms with Crippen molar-refractivity contribution in [2.45, 2.75) is 37.2 Å². The Kier molecular flexibility index (Phi) is 8.25. The molecule has 1 amide bonds. The number of hydrogen-bond donors (Lipinski definition) is 1. The number of anilines is 1. The highest BCUT2D eigenvalue weighted by Gasteiger charge is 2.24. The first-order valence-electron chi connectivity index (χ1n) is 10.8. The number of piperidine rings is 1. The van der Waals surface area contributed by atoms with Gasteiger partial charge in [0.05, 0.1) is 10.5 Å². The molecule has 0 unspecified atom stereocenters. The minimum Gasteiger partial charge on any atom is -0.435 e. The van der Waals surface area contributed by atoms with Crippen LogP contribution in [0.3, 0.4) is 0 Å². The van der Waals surface area contributed by atoms with E-state index in [1.165, 1.54) is 32.3 Å². The standard InChI is InChI=1S/C23H29F2N3O4S/c1-27(2)33(30,31)19-10-11-21(28-14-4-3-5-15-28)20(16-19)22(29)26-13-12-17-6-8-18(9-7-17)32-23(24)25/h6-11,16,23H,3-5,12-15H2,1-2H3,(H,26,29). The van der Waals surface area contributed by atoms with Gasteiger partial charge in [-0.1, -0.05) is 12.1 Å². The normalized spacial score (nSPS) is 14.5. The number of nitrogens with zero attached hydrogens (tertiary/aromatic N) is 2. The van der Waals surface area contributed by atoms with Crippen molar-refractivity contribution in [1.29, 1.82) is 0 Å². The fourth-order valence-corrected chi connectivity index (χ4v) is 4.66. The Balaban J connectivity index is 1.75. The predicted molar refractivity (Wildman–Crippen MR) is 122 cm³/mol. The second kappa shape index (κ2) is 10.9. The van der Waals surface area contributed by atoms with Crippen molar-refractivity contribution >= 4 is 21.6 Å². The average Bonchev–Trinajstić information content (AvgIpc) is 2.80. The molecule has 33 heavy (non-hydrogen) atoms.